The van der Waals surface area contributed by atoms with Gasteiger partial charge in [-0.2, -0.15) is 45.8 Å². The summed E-state index contributed by atoms with van der Waals surface area (Å²) in [6.45, 7) is 23.1. The van der Waals surface area contributed by atoms with Crippen LogP contribution in [-0.4, -0.2) is 25.7 Å². The van der Waals surface area contributed by atoms with Crippen molar-refractivity contribution < 1.29 is 50.7 Å². The van der Waals surface area contributed by atoms with Gasteiger partial charge in [0.05, 0.1) is 0 Å². The van der Waals surface area contributed by atoms with Crippen molar-refractivity contribution >= 4 is 46.4 Å². The van der Waals surface area contributed by atoms with Gasteiger partial charge < -0.3 is 24.8 Å². The van der Waals surface area contributed by atoms with Gasteiger partial charge in [-0.3, -0.25) is 0 Å². The van der Waals surface area contributed by atoms with E-state index in [4.69, 9.17) is 0 Å². The molecule has 1 radical (unpaired) electrons. The van der Waals surface area contributed by atoms with Gasteiger partial charge in [0.2, 0.25) is 0 Å². The molecular weight excluding hydrogens is 766 g/mol. The van der Waals surface area contributed by atoms with Crippen LogP contribution in [0.3, 0.4) is 0 Å². The molecule has 0 spiro atoms. The molecule has 6 heteroatoms. The van der Waals surface area contributed by atoms with Gasteiger partial charge in [0.25, 0.3) is 0 Å². The Balaban J connectivity index is 0. The molecule has 0 aromatic heterocycles. The maximum absolute atomic E-state index is 2.49. The zero-order chi connectivity index (χ0) is 29.1. The van der Waals surface area contributed by atoms with Gasteiger partial charge >= 0.3 is 25.8 Å². The number of hydrogen-bond acceptors (Lipinski definition) is 0. The first kappa shape index (κ1) is 43.4. The van der Waals surface area contributed by atoms with Crippen molar-refractivity contribution in [2.75, 3.05) is 0 Å². The van der Waals surface area contributed by atoms with E-state index in [0.717, 1.165) is 9.52 Å². The molecule has 0 saturated heterocycles. The zero-order valence-electron chi connectivity index (χ0n) is 27.6. The average molecular weight is 819 g/mol. The van der Waals surface area contributed by atoms with Crippen LogP contribution in [0.15, 0.2) is 97.1 Å². The van der Waals surface area contributed by atoms with E-state index in [0.29, 0.717) is 11.8 Å². The predicted octanol–water partition coefficient (Wildman–Crippen LogP) is 2.01. The normalized spacial score (nSPS) is 13.0. The van der Waals surface area contributed by atoms with Gasteiger partial charge in [-0.15, -0.1) is 0 Å². The standard InChI is InChI=1S/2C17H23Si.C2H7Si.2ClH.Hf/c2*1-5-18(4,16-9-7-6-8-10-16)17-12-11-15(13-17)14(2)3;1-3-2;;;/h2*6-14H,5H2,1-4H3;3H,1-2H3;2*1H;/q2*-1;;;;+4/p-2. The van der Waals surface area contributed by atoms with E-state index in [1.807, 2.05) is 0 Å². The van der Waals surface area contributed by atoms with Crippen LogP contribution in [0.1, 0.15) is 64.5 Å². The molecule has 0 aliphatic rings. The van der Waals surface area contributed by atoms with Gasteiger partial charge in [0.1, 0.15) is 0 Å². The van der Waals surface area contributed by atoms with E-state index in [2.05, 4.69) is 165 Å². The van der Waals surface area contributed by atoms with Crippen LogP contribution in [-0.2, 0) is 25.8 Å². The SMILES string of the molecule is CC[Si](C)(c1ccccc1)c1c[cH-]c(C(C)C)c1.CC[Si](C)(c1ccccc1)c1c[cH-]c(C(C)C)c1.C[SiH]C.[Cl-].[Cl-].[Hf+4]. The summed E-state index contributed by atoms with van der Waals surface area (Å²) in [5.41, 5.74) is 2.96. The summed E-state index contributed by atoms with van der Waals surface area (Å²) >= 11 is 0. The van der Waals surface area contributed by atoms with Crippen LogP contribution in [0.5, 0.6) is 0 Å². The molecule has 0 amide bonds. The molecule has 2 unspecified atom stereocenters. The monoisotopic (exact) mass is 819 g/mol. The van der Waals surface area contributed by atoms with E-state index >= 15 is 0 Å². The van der Waals surface area contributed by atoms with Crippen molar-refractivity contribution in [2.45, 2.75) is 91.7 Å². The summed E-state index contributed by atoms with van der Waals surface area (Å²) in [6, 6.07) is 38.8. The molecule has 2 atom stereocenters. The fourth-order valence-electron chi connectivity index (χ4n) is 5.09. The maximum Gasteiger partial charge on any atom is 4.00 e. The third-order valence-electron chi connectivity index (χ3n) is 8.40. The van der Waals surface area contributed by atoms with Crippen molar-refractivity contribution in [3.8, 4) is 0 Å². The van der Waals surface area contributed by atoms with Crippen molar-refractivity contribution in [3.63, 3.8) is 0 Å². The molecule has 0 N–H and O–H groups in total. The van der Waals surface area contributed by atoms with Crippen molar-refractivity contribution in [1.82, 2.24) is 0 Å². The molecule has 0 aliphatic heterocycles. The molecule has 0 bridgehead atoms. The van der Waals surface area contributed by atoms with E-state index in [1.54, 1.807) is 20.7 Å². The first-order valence-corrected chi connectivity index (χ1v) is 22.7. The smallest absolute Gasteiger partial charge is 1.00 e. The van der Waals surface area contributed by atoms with Crippen molar-refractivity contribution in [3.05, 3.63) is 108 Å². The van der Waals surface area contributed by atoms with Gasteiger partial charge in [-0.1, -0.05) is 151 Å². The quantitative estimate of drug-likeness (QED) is 0.189. The average Bonchev–Trinajstić information content (AvgIpc) is 3.66. The van der Waals surface area contributed by atoms with E-state index < -0.39 is 16.1 Å². The number of halogens is 2. The van der Waals surface area contributed by atoms with Gasteiger partial charge in [0.15, 0.2) is 0 Å². The predicted molar refractivity (Wildman–Crippen MR) is 187 cm³/mol. The minimum atomic E-state index is -1.50. The molecule has 0 saturated carbocycles. The van der Waals surface area contributed by atoms with Crippen molar-refractivity contribution in [1.29, 1.82) is 0 Å². The second-order valence-corrected chi connectivity index (χ2v) is 22.1. The first-order valence-electron chi connectivity index (χ1n) is 15.0. The van der Waals surface area contributed by atoms with Crippen LogP contribution in [0.25, 0.3) is 0 Å². The van der Waals surface area contributed by atoms with Gasteiger partial charge in [0, 0.05) is 25.7 Å². The Bertz CT molecular complexity index is 1120. The molecule has 0 fully saturated rings. The number of rotatable bonds is 8. The van der Waals surface area contributed by atoms with E-state index in [-0.39, 0.29) is 50.7 Å². The van der Waals surface area contributed by atoms with Gasteiger partial charge in [-0.05, 0) is 11.8 Å². The second-order valence-electron chi connectivity index (χ2n) is 11.9. The third kappa shape index (κ3) is 11.3. The fraction of sp³-hybridized carbons (Fsp3) is 0.389. The Morgan fingerprint density at radius 3 is 1.10 bits per heavy atom. The molecule has 0 heterocycles. The zero-order valence-corrected chi connectivity index (χ0v) is 35.9. The first-order chi connectivity index (χ1) is 18.6. The molecule has 227 valence electrons. The molecule has 4 aromatic rings. The summed E-state index contributed by atoms with van der Waals surface area (Å²) in [5.74, 6) is 1.26. The van der Waals surface area contributed by atoms with E-state index in [9.17, 15) is 0 Å². The maximum atomic E-state index is 2.49. The molecule has 4 rings (SSSR count). The fourth-order valence-corrected chi connectivity index (χ4v) is 11.1. The van der Waals surface area contributed by atoms with Gasteiger partial charge in [-0.25, -0.2) is 12.1 Å². The third-order valence-corrected chi connectivity index (χ3v) is 17.6. The summed E-state index contributed by atoms with van der Waals surface area (Å²) in [7, 11) is -2.25. The minimum Gasteiger partial charge on any atom is -1.00 e. The summed E-state index contributed by atoms with van der Waals surface area (Å²) in [6.07, 6.45) is 0. The van der Waals surface area contributed by atoms with E-state index in [1.165, 1.54) is 23.2 Å². The van der Waals surface area contributed by atoms with Crippen LogP contribution >= 0.6 is 0 Å². The summed E-state index contributed by atoms with van der Waals surface area (Å²) < 4.78 is 0. The topological polar surface area (TPSA) is 0 Å². The number of hydrogen-bond donors (Lipinski definition) is 0. The molecule has 0 nitrogen and oxygen atoms in total. The van der Waals surface area contributed by atoms with Crippen LogP contribution < -0.4 is 45.6 Å². The number of benzene rings is 2. The Kier molecular flexibility index (Phi) is 21.7. The molecule has 42 heavy (non-hydrogen) atoms. The Morgan fingerprint density at radius 2 is 0.881 bits per heavy atom. The van der Waals surface area contributed by atoms with Crippen LogP contribution in [0.2, 0.25) is 38.3 Å². The van der Waals surface area contributed by atoms with Crippen molar-refractivity contribution in [2.24, 2.45) is 0 Å². The van der Waals surface area contributed by atoms with Crippen LogP contribution in [0.4, 0.5) is 0 Å². The minimum absolute atomic E-state index is 0. The molecule has 4 aromatic carbocycles. The summed E-state index contributed by atoms with van der Waals surface area (Å²) in [5, 5.41) is 6.27. The Hall–Kier alpha value is -0.759. The Morgan fingerprint density at radius 1 is 0.595 bits per heavy atom. The van der Waals surface area contributed by atoms with Crippen LogP contribution in [0, 0.1) is 0 Å². The summed E-state index contributed by atoms with van der Waals surface area (Å²) in [4.78, 5) is 0. The second kappa shape index (κ2) is 21.1. The molecular formula is C36H53Cl2HfSi3. The molecule has 0 aliphatic carbocycles. The Labute approximate surface area is 294 Å². The largest absolute Gasteiger partial charge is 4.00 e.